The number of amides is 1. The van der Waals surface area contributed by atoms with Crippen LogP contribution in [0, 0.1) is 0 Å². The summed E-state index contributed by atoms with van der Waals surface area (Å²) in [5.41, 5.74) is 0.327. The number of hydrogen-bond donors (Lipinski definition) is 1. The molecule has 0 spiro atoms. The Balaban J connectivity index is 1.58. The van der Waals surface area contributed by atoms with Crippen LogP contribution in [0.5, 0.6) is 5.75 Å². The Morgan fingerprint density at radius 3 is 2.58 bits per heavy atom. The van der Waals surface area contributed by atoms with Gasteiger partial charge in [-0.3, -0.25) is 14.2 Å². The molecule has 31 heavy (non-hydrogen) atoms. The number of anilines is 1. The molecule has 160 valence electrons. The van der Waals surface area contributed by atoms with Crippen molar-refractivity contribution in [2.24, 2.45) is 0 Å². The van der Waals surface area contributed by atoms with Crippen LogP contribution in [0.3, 0.4) is 0 Å². The Kier molecular flexibility index (Phi) is 5.50. The maximum Gasteiger partial charge on any atom is 0.422 e. The van der Waals surface area contributed by atoms with Crippen molar-refractivity contribution in [3.05, 3.63) is 82.4 Å². The normalized spacial score (nSPS) is 13.6. The summed E-state index contributed by atoms with van der Waals surface area (Å²) in [6.45, 7) is -1.50. The molecule has 1 aliphatic carbocycles. The van der Waals surface area contributed by atoms with Gasteiger partial charge in [-0.15, -0.1) is 0 Å². The molecule has 0 saturated heterocycles. The lowest BCUT2D eigenvalue weighted by Crippen LogP contribution is -2.28. The second-order valence-corrected chi connectivity index (χ2v) is 7.17. The molecule has 0 atom stereocenters. The topological polar surface area (TPSA) is 73.2 Å². The van der Waals surface area contributed by atoms with E-state index in [1.165, 1.54) is 36.5 Å². The Morgan fingerprint density at radius 1 is 1.13 bits per heavy atom. The molecule has 4 rings (SSSR count). The summed E-state index contributed by atoms with van der Waals surface area (Å²) in [6, 6.07) is 12.2. The predicted molar refractivity (Wildman–Crippen MR) is 108 cm³/mol. The molecule has 2 aromatic heterocycles. The zero-order chi connectivity index (χ0) is 22.0. The van der Waals surface area contributed by atoms with E-state index in [9.17, 15) is 22.8 Å². The quantitative estimate of drug-likeness (QED) is 0.634. The average molecular weight is 429 g/mol. The van der Waals surface area contributed by atoms with E-state index in [0.717, 1.165) is 23.0 Å². The van der Waals surface area contributed by atoms with Crippen LogP contribution in [0.4, 0.5) is 19.0 Å². The second-order valence-electron chi connectivity index (χ2n) is 7.17. The number of ether oxygens (including phenoxy) is 1. The first-order valence-corrected chi connectivity index (χ1v) is 9.60. The van der Waals surface area contributed by atoms with Crippen LogP contribution in [-0.2, 0) is 0 Å². The number of alkyl halides is 3. The average Bonchev–Trinajstić information content (AvgIpc) is 3.58. The Labute approximate surface area is 175 Å². The van der Waals surface area contributed by atoms with Gasteiger partial charge in [0.1, 0.15) is 17.1 Å². The second kappa shape index (κ2) is 8.25. The molecule has 9 heteroatoms. The van der Waals surface area contributed by atoms with Crippen molar-refractivity contribution < 1.29 is 22.7 Å². The lowest BCUT2D eigenvalue weighted by Gasteiger charge is -2.15. The highest BCUT2D eigenvalue weighted by Crippen LogP contribution is 2.39. The van der Waals surface area contributed by atoms with Crippen LogP contribution in [0.15, 0.2) is 65.7 Å². The first kappa shape index (κ1) is 20.6. The van der Waals surface area contributed by atoms with Crippen molar-refractivity contribution in [3.8, 4) is 11.4 Å². The molecule has 1 saturated carbocycles. The van der Waals surface area contributed by atoms with Crippen LogP contribution >= 0.6 is 0 Å². The molecule has 0 unspecified atom stereocenters. The molecule has 6 nitrogen and oxygen atoms in total. The van der Waals surface area contributed by atoms with Gasteiger partial charge in [-0.1, -0.05) is 18.2 Å². The zero-order valence-electron chi connectivity index (χ0n) is 16.2. The molecular formula is C22H18F3N3O3. The molecule has 1 fully saturated rings. The van der Waals surface area contributed by atoms with Gasteiger partial charge in [0.15, 0.2) is 6.61 Å². The van der Waals surface area contributed by atoms with Crippen molar-refractivity contribution in [1.29, 1.82) is 0 Å². The summed E-state index contributed by atoms with van der Waals surface area (Å²) >= 11 is 0. The lowest BCUT2D eigenvalue weighted by molar-refractivity contribution is -0.153. The van der Waals surface area contributed by atoms with Gasteiger partial charge in [-0.25, -0.2) is 4.98 Å². The van der Waals surface area contributed by atoms with Crippen LogP contribution in [0.25, 0.3) is 5.69 Å². The Hall–Kier alpha value is -3.62. The number of para-hydroxylation sites is 2. The van der Waals surface area contributed by atoms with E-state index in [-0.39, 0.29) is 17.0 Å². The van der Waals surface area contributed by atoms with Crippen molar-refractivity contribution in [3.63, 3.8) is 0 Å². The van der Waals surface area contributed by atoms with Crippen molar-refractivity contribution >= 4 is 11.7 Å². The van der Waals surface area contributed by atoms with E-state index in [1.54, 1.807) is 18.3 Å². The third-order valence-electron chi connectivity index (χ3n) is 4.78. The van der Waals surface area contributed by atoms with Gasteiger partial charge in [0.25, 0.3) is 11.5 Å². The third kappa shape index (κ3) is 4.93. The number of nitrogens with zero attached hydrogens (tertiary/aromatic N) is 2. The van der Waals surface area contributed by atoms with Crippen molar-refractivity contribution in [2.75, 3.05) is 11.9 Å². The van der Waals surface area contributed by atoms with Gasteiger partial charge in [-0.2, -0.15) is 13.2 Å². The van der Waals surface area contributed by atoms with Gasteiger partial charge >= 0.3 is 6.18 Å². The predicted octanol–water partition coefficient (Wildman–Crippen LogP) is 4.30. The van der Waals surface area contributed by atoms with Crippen LogP contribution in [0.1, 0.15) is 34.7 Å². The number of carbonyl (C=O) groups excluding carboxylic acids is 1. The van der Waals surface area contributed by atoms with Gasteiger partial charge in [0.05, 0.1) is 5.69 Å². The fourth-order valence-corrected chi connectivity index (χ4v) is 3.12. The van der Waals surface area contributed by atoms with Crippen LogP contribution in [-0.4, -0.2) is 28.2 Å². The molecule has 0 radical (unpaired) electrons. The summed E-state index contributed by atoms with van der Waals surface area (Å²) in [5.74, 6) is 0.0350. The summed E-state index contributed by atoms with van der Waals surface area (Å²) in [4.78, 5) is 29.8. The smallest absolute Gasteiger partial charge is 0.422 e. The molecule has 3 aromatic rings. The maximum atomic E-state index is 12.9. The van der Waals surface area contributed by atoms with Crippen LogP contribution < -0.4 is 15.6 Å². The molecule has 1 aromatic carbocycles. The molecule has 2 heterocycles. The zero-order valence-corrected chi connectivity index (χ0v) is 16.2. The summed E-state index contributed by atoms with van der Waals surface area (Å²) in [5, 5.41) is 2.58. The van der Waals surface area contributed by atoms with E-state index in [2.05, 4.69) is 10.3 Å². The molecule has 1 amide bonds. The van der Waals surface area contributed by atoms with E-state index in [4.69, 9.17) is 4.74 Å². The minimum Gasteiger partial charge on any atom is -0.482 e. The fourth-order valence-electron chi connectivity index (χ4n) is 3.12. The highest BCUT2D eigenvalue weighted by Gasteiger charge is 2.29. The highest BCUT2D eigenvalue weighted by atomic mass is 19.4. The molecule has 0 aliphatic heterocycles. The number of benzene rings is 1. The molecule has 1 aliphatic rings. The number of aromatic nitrogens is 2. The summed E-state index contributed by atoms with van der Waals surface area (Å²) in [6.07, 6.45) is 0.792. The SMILES string of the molecule is O=C(Nc1ccc(C2CC2)cn1)c1cccn(-c2ccccc2OCC(F)(F)F)c1=O. The first-order valence-electron chi connectivity index (χ1n) is 9.60. The van der Waals surface area contributed by atoms with Gasteiger partial charge < -0.3 is 10.1 Å². The van der Waals surface area contributed by atoms with Crippen LogP contribution in [0.2, 0.25) is 0 Å². The number of pyridine rings is 2. The van der Waals surface area contributed by atoms with E-state index >= 15 is 0 Å². The molecular weight excluding hydrogens is 411 g/mol. The number of halogens is 3. The summed E-state index contributed by atoms with van der Waals surface area (Å²) < 4.78 is 43.6. The van der Waals surface area contributed by atoms with Crippen molar-refractivity contribution in [2.45, 2.75) is 24.9 Å². The van der Waals surface area contributed by atoms with E-state index in [1.807, 2.05) is 6.07 Å². The first-order chi connectivity index (χ1) is 14.8. The minimum atomic E-state index is -4.53. The fraction of sp³-hybridized carbons (Fsp3) is 0.227. The number of nitrogens with one attached hydrogen (secondary N) is 1. The monoisotopic (exact) mass is 429 g/mol. The Morgan fingerprint density at radius 2 is 1.90 bits per heavy atom. The van der Waals surface area contributed by atoms with Gasteiger partial charge in [-0.05, 0) is 54.7 Å². The largest absolute Gasteiger partial charge is 0.482 e. The van der Waals surface area contributed by atoms with E-state index < -0.39 is 24.2 Å². The lowest BCUT2D eigenvalue weighted by atomic mass is 10.2. The maximum absolute atomic E-state index is 12.9. The number of rotatable bonds is 6. The molecule has 0 bridgehead atoms. The molecule has 1 N–H and O–H groups in total. The third-order valence-corrected chi connectivity index (χ3v) is 4.78. The Bertz CT molecular complexity index is 1150. The number of hydrogen-bond acceptors (Lipinski definition) is 4. The van der Waals surface area contributed by atoms with Gasteiger partial charge in [0.2, 0.25) is 0 Å². The minimum absolute atomic E-state index is 0.0957. The summed E-state index contributed by atoms with van der Waals surface area (Å²) in [7, 11) is 0. The number of carbonyl (C=O) groups is 1. The van der Waals surface area contributed by atoms with Crippen molar-refractivity contribution in [1.82, 2.24) is 9.55 Å². The highest BCUT2D eigenvalue weighted by molar-refractivity contribution is 6.03. The van der Waals surface area contributed by atoms with E-state index in [0.29, 0.717) is 11.7 Å². The standard InChI is InChI=1S/C22H18F3N3O3/c23-22(24,25)13-31-18-6-2-1-5-17(18)28-11-3-4-16(21(28)30)20(29)27-19-10-9-15(12-26-19)14-7-8-14/h1-6,9-12,14H,7-8,13H2,(H,26,27,29). The van der Waals surface area contributed by atoms with Gasteiger partial charge in [0, 0.05) is 12.4 Å².